The molecule has 2 aliphatic carbocycles. The second kappa shape index (κ2) is 17.9. The molecule has 36 heavy (non-hydrogen) atoms. The van der Waals surface area contributed by atoms with E-state index in [1.165, 1.54) is 148 Å². The molecule has 1 fully saturated rings. The number of hydrogen-bond acceptors (Lipinski definition) is 3. The van der Waals surface area contributed by atoms with Crippen molar-refractivity contribution in [3.8, 4) is 0 Å². The molecule has 0 amide bonds. The molecule has 1 unspecified atom stereocenters. The van der Waals surface area contributed by atoms with Gasteiger partial charge in [-0.2, -0.15) is 0 Å². The van der Waals surface area contributed by atoms with Crippen molar-refractivity contribution in [1.29, 1.82) is 0 Å². The van der Waals surface area contributed by atoms with Crippen molar-refractivity contribution < 1.29 is 0 Å². The number of nitrogens with two attached hydrogens (primary N) is 1. The Bertz CT molecular complexity index is 726. The Morgan fingerprint density at radius 1 is 0.722 bits per heavy atom. The van der Waals surface area contributed by atoms with Crippen LogP contribution in [0.3, 0.4) is 0 Å². The lowest BCUT2D eigenvalue weighted by molar-refractivity contribution is 0.390. The fourth-order valence-electron chi connectivity index (χ4n) is 6.47. The summed E-state index contributed by atoms with van der Waals surface area (Å²) in [6, 6.07) is 4.59. The van der Waals surface area contributed by atoms with Crippen LogP contribution >= 0.6 is 0 Å². The monoisotopic (exact) mass is 495 g/mol. The Kier molecular flexibility index (Phi) is 14.4. The van der Waals surface area contributed by atoms with Crippen molar-refractivity contribution >= 4 is 11.5 Å². The van der Waals surface area contributed by atoms with Gasteiger partial charge in [-0.3, -0.25) is 0 Å². The van der Waals surface area contributed by atoms with Crippen LogP contribution in [0, 0.1) is 12.8 Å². The van der Waals surface area contributed by atoms with Gasteiger partial charge in [0.2, 0.25) is 0 Å². The van der Waals surface area contributed by atoms with Gasteiger partial charge in [0, 0.05) is 6.04 Å². The first-order chi connectivity index (χ1) is 17.7. The van der Waals surface area contributed by atoms with Crippen LogP contribution in [-0.2, 0) is 0 Å². The van der Waals surface area contributed by atoms with Gasteiger partial charge in [-0.25, -0.2) is 4.98 Å². The largest absolute Gasteiger partial charge is 0.384 e. The van der Waals surface area contributed by atoms with Gasteiger partial charge in [0.15, 0.2) is 0 Å². The molecule has 204 valence electrons. The van der Waals surface area contributed by atoms with Gasteiger partial charge in [0.05, 0.1) is 11.4 Å². The van der Waals surface area contributed by atoms with E-state index in [0.29, 0.717) is 11.9 Å². The molecule has 1 atom stereocenters. The van der Waals surface area contributed by atoms with E-state index < -0.39 is 0 Å². The molecule has 3 nitrogen and oxygen atoms in total. The second-order valence-corrected chi connectivity index (χ2v) is 12.0. The number of anilines is 2. The van der Waals surface area contributed by atoms with Crippen LogP contribution in [0.15, 0.2) is 23.8 Å². The van der Waals surface area contributed by atoms with E-state index in [0.717, 1.165) is 17.3 Å². The number of rotatable bonds is 4. The first kappa shape index (κ1) is 29.1. The zero-order valence-electron chi connectivity index (χ0n) is 23.7. The lowest BCUT2D eigenvalue weighted by atomic mass is 9.86. The Morgan fingerprint density at radius 2 is 1.28 bits per heavy atom. The summed E-state index contributed by atoms with van der Waals surface area (Å²) < 4.78 is 0. The Balaban J connectivity index is 1.50. The SMILES string of the molecule is Cc1nc(N)ccc1NC1CCCCC/C=C(/CC2CCCCCCCCCCCCC2)CCCC1. The number of hydrogen-bond donors (Lipinski definition) is 2. The smallest absolute Gasteiger partial charge is 0.123 e. The van der Waals surface area contributed by atoms with E-state index in [1.54, 1.807) is 5.57 Å². The van der Waals surface area contributed by atoms with Crippen molar-refractivity contribution in [2.45, 2.75) is 161 Å². The maximum atomic E-state index is 5.87. The minimum Gasteiger partial charge on any atom is -0.384 e. The van der Waals surface area contributed by atoms with Crippen LogP contribution in [0.2, 0.25) is 0 Å². The van der Waals surface area contributed by atoms with E-state index in [4.69, 9.17) is 5.73 Å². The molecule has 1 aromatic heterocycles. The zero-order chi connectivity index (χ0) is 25.3. The number of nitrogens with one attached hydrogen (secondary N) is 1. The van der Waals surface area contributed by atoms with E-state index in [9.17, 15) is 0 Å². The van der Waals surface area contributed by atoms with Crippen molar-refractivity contribution in [2.75, 3.05) is 11.1 Å². The lowest BCUT2D eigenvalue weighted by Crippen LogP contribution is -2.20. The summed E-state index contributed by atoms with van der Waals surface area (Å²) in [6.07, 6.45) is 35.0. The molecule has 3 N–H and O–H groups in total. The molecule has 3 heteroatoms. The molecule has 0 bridgehead atoms. The van der Waals surface area contributed by atoms with Crippen LogP contribution in [0.1, 0.15) is 153 Å². The van der Waals surface area contributed by atoms with Gasteiger partial charge in [-0.15, -0.1) is 0 Å². The summed E-state index contributed by atoms with van der Waals surface area (Å²) in [6.45, 7) is 2.07. The third-order valence-corrected chi connectivity index (χ3v) is 8.73. The minimum absolute atomic E-state index is 0.556. The van der Waals surface area contributed by atoms with Gasteiger partial charge in [-0.05, 0) is 69.9 Å². The number of pyridine rings is 1. The number of allylic oxidation sites excluding steroid dienone is 2. The van der Waals surface area contributed by atoms with Gasteiger partial charge in [-0.1, -0.05) is 114 Å². The molecule has 2 aliphatic rings. The van der Waals surface area contributed by atoms with Gasteiger partial charge in [0.1, 0.15) is 5.82 Å². The van der Waals surface area contributed by atoms with Crippen LogP contribution < -0.4 is 11.1 Å². The number of nitrogens with zero attached hydrogens (tertiary/aromatic N) is 1. The quantitative estimate of drug-likeness (QED) is 0.408. The fourth-order valence-corrected chi connectivity index (χ4v) is 6.47. The van der Waals surface area contributed by atoms with E-state index in [1.807, 2.05) is 6.07 Å². The number of aromatic nitrogens is 1. The maximum absolute atomic E-state index is 5.87. The van der Waals surface area contributed by atoms with E-state index in [-0.39, 0.29) is 0 Å². The second-order valence-electron chi connectivity index (χ2n) is 12.0. The van der Waals surface area contributed by atoms with Crippen LogP contribution in [0.4, 0.5) is 11.5 Å². The van der Waals surface area contributed by atoms with Gasteiger partial charge < -0.3 is 11.1 Å². The number of aryl methyl sites for hydroxylation is 1. The van der Waals surface area contributed by atoms with Crippen LogP contribution in [0.5, 0.6) is 0 Å². The van der Waals surface area contributed by atoms with E-state index in [2.05, 4.69) is 29.4 Å². The Labute approximate surface area is 223 Å². The highest BCUT2D eigenvalue weighted by Crippen LogP contribution is 2.29. The highest BCUT2D eigenvalue weighted by molar-refractivity contribution is 5.51. The van der Waals surface area contributed by atoms with Crippen molar-refractivity contribution in [3.05, 3.63) is 29.5 Å². The molecule has 0 saturated heterocycles. The summed E-state index contributed by atoms with van der Waals surface area (Å²) >= 11 is 0. The predicted molar refractivity (Wildman–Crippen MR) is 159 cm³/mol. The lowest BCUT2D eigenvalue weighted by Gasteiger charge is -2.23. The molecule has 1 saturated carbocycles. The van der Waals surface area contributed by atoms with Crippen molar-refractivity contribution in [3.63, 3.8) is 0 Å². The third kappa shape index (κ3) is 12.2. The standard InChI is InChI=1S/C33H57N3/c1-28-32(25-26-33(34)35-28)36-31-23-16-12-11-15-21-30(22-17-18-24-31)27-29-19-13-9-7-5-3-2-4-6-8-10-14-20-29/h21,25-26,29,31,36H,2-20,22-24,27H2,1H3,(H2,34,35)/b30-21+. The maximum Gasteiger partial charge on any atom is 0.123 e. The third-order valence-electron chi connectivity index (χ3n) is 8.73. The molecule has 0 aromatic carbocycles. The van der Waals surface area contributed by atoms with Gasteiger partial charge >= 0.3 is 0 Å². The topological polar surface area (TPSA) is 50.9 Å². The highest BCUT2D eigenvalue weighted by atomic mass is 15.0. The molecule has 0 aliphatic heterocycles. The Hall–Kier alpha value is -1.51. The molecule has 0 spiro atoms. The first-order valence-electron chi connectivity index (χ1n) is 15.9. The van der Waals surface area contributed by atoms with E-state index >= 15 is 0 Å². The normalized spacial score (nSPS) is 24.9. The van der Waals surface area contributed by atoms with Crippen molar-refractivity contribution in [2.24, 2.45) is 5.92 Å². The molecule has 1 heterocycles. The summed E-state index contributed by atoms with van der Waals surface area (Å²) in [7, 11) is 0. The first-order valence-corrected chi connectivity index (χ1v) is 15.9. The zero-order valence-corrected chi connectivity index (χ0v) is 23.7. The molecule has 1 aromatic rings. The summed E-state index contributed by atoms with van der Waals surface area (Å²) in [4.78, 5) is 4.46. The summed E-state index contributed by atoms with van der Waals surface area (Å²) in [5, 5.41) is 3.81. The van der Waals surface area contributed by atoms with Crippen molar-refractivity contribution in [1.82, 2.24) is 4.98 Å². The predicted octanol–water partition coefficient (Wildman–Crippen LogP) is 10.3. The molecular weight excluding hydrogens is 438 g/mol. The average Bonchev–Trinajstić information content (AvgIpc) is 2.86. The number of nitrogen functional groups attached to an aromatic ring is 1. The summed E-state index contributed by atoms with van der Waals surface area (Å²) in [5.74, 6) is 1.55. The van der Waals surface area contributed by atoms with Gasteiger partial charge in [0.25, 0.3) is 0 Å². The molecule has 0 radical (unpaired) electrons. The minimum atomic E-state index is 0.556. The Morgan fingerprint density at radius 3 is 1.92 bits per heavy atom. The summed E-state index contributed by atoms with van der Waals surface area (Å²) in [5.41, 5.74) is 9.85. The van der Waals surface area contributed by atoms with Crippen LogP contribution in [-0.4, -0.2) is 11.0 Å². The molecular formula is C33H57N3. The molecule has 3 rings (SSSR count). The average molecular weight is 496 g/mol. The highest BCUT2D eigenvalue weighted by Gasteiger charge is 2.15. The fraction of sp³-hybridized carbons (Fsp3) is 0.788. The van der Waals surface area contributed by atoms with Crippen LogP contribution in [0.25, 0.3) is 0 Å².